The second-order valence-electron chi connectivity index (χ2n) is 4.79. The van der Waals surface area contributed by atoms with Crippen LogP contribution in [0.15, 0.2) is 18.3 Å². The van der Waals surface area contributed by atoms with Crippen molar-refractivity contribution in [2.45, 2.75) is 38.5 Å². The molecule has 1 aliphatic rings. The predicted molar refractivity (Wildman–Crippen MR) is 71.7 cm³/mol. The summed E-state index contributed by atoms with van der Waals surface area (Å²) in [5.74, 6) is 7.00. The van der Waals surface area contributed by atoms with Gasteiger partial charge in [0.1, 0.15) is 5.82 Å². The molecule has 0 atom stereocenters. The summed E-state index contributed by atoms with van der Waals surface area (Å²) in [5.41, 5.74) is 3.63. The Bertz CT molecular complexity index is 334. The molecule has 1 aromatic heterocycles. The third-order valence-corrected chi connectivity index (χ3v) is 3.50. The third kappa shape index (κ3) is 3.89. The van der Waals surface area contributed by atoms with E-state index in [2.05, 4.69) is 15.7 Å². The Morgan fingerprint density at radius 1 is 1.35 bits per heavy atom. The van der Waals surface area contributed by atoms with Crippen molar-refractivity contribution >= 4 is 11.5 Å². The minimum absolute atomic E-state index is 0.700. The average molecular weight is 234 g/mol. The maximum atomic E-state index is 5.32. The molecule has 0 amide bonds. The molecule has 2 rings (SSSR count). The Hall–Kier alpha value is -1.29. The van der Waals surface area contributed by atoms with Crippen LogP contribution in [0.5, 0.6) is 0 Å². The van der Waals surface area contributed by atoms with Gasteiger partial charge in [-0.3, -0.25) is 0 Å². The van der Waals surface area contributed by atoms with E-state index < -0.39 is 0 Å². The number of rotatable bonds is 6. The Morgan fingerprint density at radius 2 is 2.18 bits per heavy atom. The normalized spacial score (nSPS) is 16.1. The SMILES string of the molecule is NNc1cc(NCCCC2CCCC2)ccn1. The molecule has 4 nitrogen and oxygen atoms in total. The number of hydrazine groups is 1. The number of hydrogen-bond acceptors (Lipinski definition) is 4. The summed E-state index contributed by atoms with van der Waals surface area (Å²) in [6.07, 6.45) is 10.1. The lowest BCUT2D eigenvalue weighted by Crippen LogP contribution is -2.09. The van der Waals surface area contributed by atoms with Crippen molar-refractivity contribution in [2.24, 2.45) is 11.8 Å². The molecule has 1 fully saturated rings. The van der Waals surface area contributed by atoms with Gasteiger partial charge in [-0.15, -0.1) is 0 Å². The smallest absolute Gasteiger partial charge is 0.141 e. The lowest BCUT2D eigenvalue weighted by atomic mass is 10.0. The van der Waals surface area contributed by atoms with Crippen molar-refractivity contribution in [3.8, 4) is 0 Å². The monoisotopic (exact) mass is 234 g/mol. The van der Waals surface area contributed by atoms with E-state index in [1.165, 1.54) is 38.5 Å². The molecular weight excluding hydrogens is 212 g/mol. The summed E-state index contributed by atoms with van der Waals surface area (Å²) in [7, 11) is 0. The Morgan fingerprint density at radius 3 is 2.94 bits per heavy atom. The molecule has 0 radical (unpaired) electrons. The van der Waals surface area contributed by atoms with Crippen LogP contribution in [0.4, 0.5) is 11.5 Å². The van der Waals surface area contributed by atoms with Crippen molar-refractivity contribution in [1.82, 2.24) is 4.98 Å². The fraction of sp³-hybridized carbons (Fsp3) is 0.615. The summed E-state index contributed by atoms with van der Waals surface area (Å²) in [6, 6.07) is 3.89. The summed E-state index contributed by atoms with van der Waals surface area (Å²) in [6.45, 7) is 1.03. The van der Waals surface area contributed by atoms with Crippen LogP contribution >= 0.6 is 0 Å². The van der Waals surface area contributed by atoms with Crippen LogP contribution in [0.3, 0.4) is 0 Å². The number of nitrogens with two attached hydrogens (primary N) is 1. The number of nitrogen functional groups attached to an aromatic ring is 1. The summed E-state index contributed by atoms with van der Waals surface area (Å²) in [5, 5.41) is 3.41. The molecule has 0 aliphatic heterocycles. The zero-order valence-corrected chi connectivity index (χ0v) is 10.3. The van der Waals surface area contributed by atoms with Crippen LogP contribution in [-0.4, -0.2) is 11.5 Å². The van der Waals surface area contributed by atoms with Gasteiger partial charge in [-0.2, -0.15) is 0 Å². The van der Waals surface area contributed by atoms with Gasteiger partial charge in [0, 0.05) is 24.5 Å². The molecule has 0 spiro atoms. The van der Waals surface area contributed by atoms with Crippen LogP contribution in [0.1, 0.15) is 38.5 Å². The standard InChI is InChI=1S/C13H22N4/c14-17-13-10-12(7-9-16-13)15-8-3-6-11-4-1-2-5-11/h7,9-11H,1-6,8,14H2,(H2,15,16,17). The zero-order valence-electron chi connectivity index (χ0n) is 10.3. The van der Waals surface area contributed by atoms with Crippen LogP contribution in [0.2, 0.25) is 0 Å². The van der Waals surface area contributed by atoms with E-state index >= 15 is 0 Å². The summed E-state index contributed by atoms with van der Waals surface area (Å²) in [4.78, 5) is 4.07. The van der Waals surface area contributed by atoms with Crippen LogP contribution in [0.25, 0.3) is 0 Å². The maximum absolute atomic E-state index is 5.32. The minimum Gasteiger partial charge on any atom is -0.385 e. The number of nitrogens with zero attached hydrogens (tertiary/aromatic N) is 1. The lowest BCUT2D eigenvalue weighted by Gasteiger charge is -2.10. The highest BCUT2D eigenvalue weighted by Gasteiger charge is 2.13. The molecule has 0 saturated heterocycles. The molecule has 0 bridgehead atoms. The first kappa shape index (κ1) is 12.2. The van der Waals surface area contributed by atoms with Crippen molar-refractivity contribution < 1.29 is 0 Å². The molecule has 1 heterocycles. The fourth-order valence-corrected chi connectivity index (χ4v) is 2.54. The molecule has 1 saturated carbocycles. The highest BCUT2D eigenvalue weighted by molar-refractivity contribution is 5.51. The van der Waals surface area contributed by atoms with E-state index in [1.807, 2.05) is 12.1 Å². The summed E-state index contributed by atoms with van der Waals surface area (Å²) >= 11 is 0. The largest absolute Gasteiger partial charge is 0.385 e. The Labute approximate surface area is 103 Å². The van der Waals surface area contributed by atoms with E-state index in [4.69, 9.17) is 5.84 Å². The molecule has 4 N–H and O–H groups in total. The number of nitrogens with one attached hydrogen (secondary N) is 2. The van der Waals surface area contributed by atoms with Gasteiger partial charge in [0.2, 0.25) is 0 Å². The van der Waals surface area contributed by atoms with Gasteiger partial charge in [0.25, 0.3) is 0 Å². The minimum atomic E-state index is 0.700. The van der Waals surface area contributed by atoms with Gasteiger partial charge in [-0.1, -0.05) is 25.7 Å². The number of anilines is 2. The molecule has 1 aliphatic carbocycles. The van der Waals surface area contributed by atoms with Crippen LogP contribution in [-0.2, 0) is 0 Å². The maximum Gasteiger partial charge on any atom is 0.141 e. The van der Waals surface area contributed by atoms with Gasteiger partial charge in [0.15, 0.2) is 0 Å². The first-order valence-electron chi connectivity index (χ1n) is 6.55. The molecule has 0 aromatic carbocycles. The van der Waals surface area contributed by atoms with E-state index in [1.54, 1.807) is 6.20 Å². The molecule has 94 valence electrons. The highest BCUT2D eigenvalue weighted by atomic mass is 15.2. The second kappa shape index (κ2) is 6.45. The van der Waals surface area contributed by atoms with Crippen molar-refractivity contribution in [2.75, 3.05) is 17.3 Å². The quantitative estimate of drug-likeness (QED) is 0.402. The molecular formula is C13H22N4. The number of aromatic nitrogens is 1. The summed E-state index contributed by atoms with van der Waals surface area (Å²) < 4.78 is 0. The predicted octanol–water partition coefficient (Wildman–Crippen LogP) is 2.75. The van der Waals surface area contributed by atoms with Gasteiger partial charge < -0.3 is 10.7 Å². The van der Waals surface area contributed by atoms with Crippen molar-refractivity contribution in [3.63, 3.8) is 0 Å². The van der Waals surface area contributed by atoms with Crippen LogP contribution in [0, 0.1) is 5.92 Å². The van der Waals surface area contributed by atoms with Gasteiger partial charge in [-0.05, 0) is 24.8 Å². The molecule has 0 unspecified atom stereocenters. The first-order valence-corrected chi connectivity index (χ1v) is 6.55. The van der Waals surface area contributed by atoms with Crippen molar-refractivity contribution in [1.29, 1.82) is 0 Å². The molecule has 17 heavy (non-hydrogen) atoms. The van der Waals surface area contributed by atoms with E-state index in [0.29, 0.717) is 5.82 Å². The number of pyridine rings is 1. The average Bonchev–Trinajstić information content (AvgIpc) is 2.88. The van der Waals surface area contributed by atoms with Crippen molar-refractivity contribution in [3.05, 3.63) is 18.3 Å². The number of hydrogen-bond donors (Lipinski definition) is 3. The first-order chi connectivity index (χ1) is 8.38. The fourth-order valence-electron chi connectivity index (χ4n) is 2.54. The van der Waals surface area contributed by atoms with E-state index in [9.17, 15) is 0 Å². The highest BCUT2D eigenvalue weighted by Crippen LogP contribution is 2.28. The second-order valence-corrected chi connectivity index (χ2v) is 4.79. The Balaban J connectivity index is 1.66. The zero-order chi connectivity index (χ0) is 11.9. The topological polar surface area (TPSA) is 63.0 Å². The van der Waals surface area contributed by atoms with E-state index in [-0.39, 0.29) is 0 Å². The molecule has 4 heteroatoms. The van der Waals surface area contributed by atoms with Gasteiger partial charge in [-0.25, -0.2) is 10.8 Å². The third-order valence-electron chi connectivity index (χ3n) is 3.50. The van der Waals surface area contributed by atoms with Gasteiger partial charge >= 0.3 is 0 Å². The van der Waals surface area contributed by atoms with Gasteiger partial charge in [0.05, 0.1) is 0 Å². The lowest BCUT2D eigenvalue weighted by molar-refractivity contribution is 0.491. The van der Waals surface area contributed by atoms with Crippen LogP contribution < -0.4 is 16.6 Å². The van der Waals surface area contributed by atoms with E-state index in [0.717, 1.165) is 18.2 Å². The Kier molecular flexibility index (Phi) is 4.62. The molecule has 1 aromatic rings.